The third kappa shape index (κ3) is 2.66. The van der Waals surface area contributed by atoms with Crippen LogP contribution in [0, 0.1) is 17.1 Å². The summed E-state index contributed by atoms with van der Waals surface area (Å²) in [5.41, 5.74) is 5.80. The van der Waals surface area contributed by atoms with Crippen molar-refractivity contribution in [3.05, 3.63) is 53.8 Å². The van der Waals surface area contributed by atoms with Crippen LogP contribution in [0.3, 0.4) is 0 Å². The number of halogens is 1. The topological polar surface area (TPSA) is 87.2 Å². The number of para-hydroxylation sites is 1. The molecule has 0 fully saturated rings. The highest BCUT2D eigenvalue weighted by molar-refractivity contribution is 7.93. The summed E-state index contributed by atoms with van der Waals surface area (Å²) >= 11 is 0. The van der Waals surface area contributed by atoms with Crippen LogP contribution >= 0.6 is 0 Å². The lowest BCUT2D eigenvalue weighted by Gasteiger charge is -2.20. The molecule has 0 heterocycles. The minimum atomic E-state index is -4.01. The van der Waals surface area contributed by atoms with Gasteiger partial charge in [0.2, 0.25) is 0 Å². The van der Waals surface area contributed by atoms with E-state index in [1.807, 2.05) is 6.07 Å². The Hall–Kier alpha value is -2.59. The molecule has 0 aliphatic rings. The zero-order chi connectivity index (χ0) is 15.6. The highest BCUT2D eigenvalue weighted by Gasteiger charge is 2.25. The Bertz CT molecular complexity index is 828. The summed E-state index contributed by atoms with van der Waals surface area (Å²) in [5, 5.41) is 8.76. The summed E-state index contributed by atoms with van der Waals surface area (Å²) in [6, 6.07) is 11.2. The molecule has 0 atom stereocenters. The zero-order valence-corrected chi connectivity index (χ0v) is 11.9. The summed E-state index contributed by atoms with van der Waals surface area (Å²) in [6.45, 7) is 0. The monoisotopic (exact) mass is 305 g/mol. The molecule has 0 unspecified atom stereocenters. The largest absolute Gasteiger partial charge is 0.398 e. The van der Waals surface area contributed by atoms with Crippen molar-refractivity contribution in [3.8, 4) is 6.07 Å². The molecule has 7 heteroatoms. The van der Waals surface area contributed by atoms with Crippen LogP contribution in [-0.4, -0.2) is 15.5 Å². The molecule has 2 aromatic carbocycles. The summed E-state index contributed by atoms with van der Waals surface area (Å²) in [4.78, 5) is -0.174. The van der Waals surface area contributed by atoms with Crippen LogP contribution in [-0.2, 0) is 10.0 Å². The van der Waals surface area contributed by atoms with Gasteiger partial charge in [-0.2, -0.15) is 5.26 Å². The first-order valence-electron chi connectivity index (χ1n) is 5.91. The molecule has 0 aromatic heterocycles. The van der Waals surface area contributed by atoms with Gasteiger partial charge in [-0.3, -0.25) is 4.31 Å². The van der Waals surface area contributed by atoms with Crippen LogP contribution < -0.4 is 10.0 Å². The molecule has 0 spiro atoms. The molecule has 5 nitrogen and oxygen atoms in total. The van der Waals surface area contributed by atoms with Crippen molar-refractivity contribution in [3.63, 3.8) is 0 Å². The molecule has 2 aromatic rings. The number of sulfonamides is 1. The van der Waals surface area contributed by atoms with Crippen molar-refractivity contribution in [2.45, 2.75) is 4.90 Å². The number of hydrogen-bond acceptors (Lipinski definition) is 4. The van der Waals surface area contributed by atoms with Crippen molar-refractivity contribution in [1.82, 2.24) is 0 Å². The number of hydrogen-bond donors (Lipinski definition) is 1. The SMILES string of the molecule is CN(c1ccccc1F)S(=O)(=O)c1ccc(C#N)cc1N. The second-order valence-corrected chi connectivity index (χ2v) is 6.23. The van der Waals surface area contributed by atoms with E-state index in [0.717, 1.165) is 4.31 Å². The van der Waals surface area contributed by atoms with Gasteiger partial charge < -0.3 is 5.73 Å². The van der Waals surface area contributed by atoms with E-state index < -0.39 is 15.8 Å². The lowest BCUT2D eigenvalue weighted by Crippen LogP contribution is -2.28. The van der Waals surface area contributed by atoms with Crippen LogP contribution in [0.2, 0.25) is 0 Å². The van der Waals surface area contributed by atoms with Gasteiger partial charge in [0.15, 0.2) is 0 Å². The van der Waals surface area contributed by atoms with E-state index in [0.29, 0.717) is 0 Å². The quantitative estimate of drug-likeness (QED) is 0.880. The Labute approximate surface area is 122 Å². The van der Waals surface area contributed by atoms with Crippen LogP contribution in [0.25, 0.3) is 0 Å². The van der Waals surface area contributed by atoms with Crippen LogP contribution in [0.4, 0.5) is 15.8 Å². The molecule has 0 saturated heterocycles. The normalized spacial score (nSPS) is 10.9. The Balaban J connectivity index is 2.53. The van der Waals surface area contributed by atoms with E-state index >= 15 is 0 Å². The number of nitrogens with zero attached hydrogens (tertiary/aromatic N) is 2. The highest BCUT2D eigenvalue weighted by atomic mass is 32.2. The molecular weight excluding hydrogens is 293 g/mol. The third-order valence-electron chi connectivity index (χ3n) is 2.97. The fourth-order valence-corrected chi connectivity index (χ4v) is 3.14. The van der Waals surface area contributed by atoms with E-state index in [1.165, 1.54) is 49.5 Å². The molecule has 2 N–H and O–H groups in total. The Morgan fingerprint density at radius 2 is 1.90 bits per heavy atom. The molecule has 2 rings (SSSR count). The van der Waals surface area contributed by atoms with E-state index in [-0.39, 0.29) is 21.8 Å². The first-order chi connectivity index (χ1) is 9.87. The standard InChI is InChI=1S/C14H12FN3O2S/c1-18(13-5-3-2-4-11(13)15)21(19,20)14-7-6-10(9-16)8-12(14)17/h2-8H,17H2,1H3. The van der Waals surface area contributed by atoms with Gasteiger partial charge in [-0.05, 0) is 30.3 Å². The molecule has 0 bridgehead atoms. The second-order valence-electron chi connectivity index (χ2n) is 4.29. The van der Waals surface area contributed by atoms with Crippen LogP contribution in [0.5, 0.6) is 0 Å². The average Bonchev–Trinajstić information content (AvgIpc) is 2.46. The zero-order valence-electron chi connectivity index (χ0n) is 11.1. The molecule has 0 radical (unpaired) electrons. The average molecular weight is 305 g/mol. The Kier molecular flexibility index (Phi) is 3.82. The number of anilines is 2. The number of nitriles is 1. The smallest absolute Gasteiger partial charge is 0.266 e. The second kappa shape index (κ2) is 5.42. The number of nitrogen functional groups attached to an aromatic ring is 1. The van der Waals surface area contributed by atoms with Gasteiger partial charge in [0, 0.05) is 7.05 Å². The lowest BCUT2D eigenvalue weighted by atomic mass is 10.2. The van der Waals surface area contributed by atoms with Gasteiger partial charge in [0.1, 0.15) is 10.7 Å². The summed E-state index contributed by atoms with van der Waals surface area (Å²) < 4.78 is 39.5. The molecule has 21 heavy (non-hydrogen) atoms. The molecule has 0 aliphatic heterocycles. The van der Waals surface area contributed by atoms with Crippen LogP contribution in [0.1, 0.15) is 5.56 Å². The van der Waals surface area contributed by atoms with Crippen molar-refractivity contribution in [1.29, 1.82) is 5.26 Å². The molecule has 0 aliphatic carbocycles. The first kappa shape index (κ1) is 14.8. The molecule has 0 saturated carbocycles. The lowest BCUT2D eigenvalue weighted by molar-refractivity contribution is 0.590. The fraction of sp³-hybridized carbons (Fsp3) is 0.0714. The summed E-state index contributed by atoms with van der Waals surface area (Å²) in [5.74, 6) is -0.657. The molecule has 0 amide bonds. The minimum absolute atomic E-state index is 0.0581. The molecular formula is C14H12FN3O2S. The Morgan fingerprint density at radius 3 is 2.48 bits per heavy atom. The number of benzene rings is 2. The van der Waals surface area contributed by atoms with E-state index in [1.54, 1.807) is 0 Å². The van der Waals surface area contributed by atoms with Gasteiger partial charge in [-0.25, -0.2) is 12.8 Å². The maximum Gasteiger partial charge on any atom is 0.266 e. The first-order valence-corrected chi connectivity index (χ1v) is 7.35. The number of nitrogens with two attached hydrogens (primary N) is 1. The van der Waals surface area contributed by atoms with Gasteiger partial charge >= 0.3 is 0 Å². The van der Waals surface area contributed by atoms with E-state index in [9.17, 15) is 12.8 Å². The third-order valence-corrected chi connectivity index (χ3v) is 4.81. The maximum absolute atomic E-state index is 13.7. The minimum Gasteiger partial charge on any atom is -0.398 e. The highest BCUT2D eigenvalue weighted by Crippen LogP contribution is 2.28. The van der Waals surface area contributed by atoms with Crippen molar-refractivity contribution >= 4 is 21.4 Å². The van der Waals surface area contributed by atoms with Crippen molar-refractivity contribution in [2.24, 2.45) is 0 Å². The van der Waals surface area contributed by atoms with Gasteiger partial charge in [0.05, 0.1) is 23.0 Å². The Morgan fingerprint density at radius 1 is 1.24 bits per heavy atom. The van der Waals surface area contributed by atoms with Crippen molar-refractivity contribution in [2.75, 3.05) is 17.1 Å². The van der Waals surface area contributed by atoms with Crippen molar-refractivity contribution < 1.29 is 12.8 Å². The summed E-state index contributed by atoms with van der Waals surface area (Å²) in [7, 11) is -2.77. The van der Waals surface area contributed by atoms with E-state index in [2.05, 4.69) is 0 Å². The predicted molar refractivity (Wildman–Crippen MR) is 77.6 cm³/mol. The van der Waals surface area contributed by atoms with Crippen LogP contribution in [0.15, 0.2) is 47.4 Å². The predicted octanol–water partition coefficient (Wildman–Crippen LogP) is 2.10. The van der Waals surface area contributed by atoms with Gasteiger partial charge in [0.25, 0.3) is 10.0 Å². The van der Waals surface area contributed by atoms with E-state index in [4.69, 9.17) is 11.0 Å². The maximum atomic E-state index is 13.7. The van der Waals surface area contributed by atoms with Gasteiger partial charge in [-0.1, -0.05) is 12.1 Å². The number of rotatable bonds is 3. The molecule has 108 valence electrons. The van der Waals surface area contributed by atoms with Gasteiger partial charge in [-0.15, -0.1) is 0 Å². The fourth-order valence-electron chi connectivity index (χ4n) is 1.84. The summed E-state index contributed by atoms with van der Waals surface area (Å²) in [6.07, 6.45) is 0.